The lowest BCUT2D eigenvalue weighted by molar-refractivity contribution is -0.0697. The molecule has 10 nitrogen and oxygen atoms in total. The molecule has 4 saturated heterocycles. The third kappa shape index (κ3) is 5.97. The van der Waals surface area contributed by atoms with E-state index in [2.05, 4.69) is 53.7 Å². The molecule has 244 valence electrons. The van der Waals surface area contributed by atoms with E-state index >= 15 is 0 Å². The zero-order valence-electron chi connectivity index (χ0n) is 27.0. The fourth-order valence-corrected chi connectivity index (χ4v) is 8.57. The highest BCUT2D eigenvalue weighted by Crippen LogP contribution is 2.48. The number of benzene rings is 1. The molecule has 3 aromatic rings. The molecule has 1 spiro atoms. The SMILES string of the molecule is CC(C)[C@H](C1CCN(CC2COC2)CC1)N1CC2(CCN(c3ncnnc3Oc3ccc(F)cc3-c3cncnc3C3CC3)C2)C1. The number of nitrogens with zero attached hydrogens (tertiary/aromatic N) is 8. The van der Waals surface area contributed by atoms with E-state index in [1.807, 2.05) is 0 Å². The van der Waals surface area contributed by atoms with Crippen LogP contribution in [0.3, 0.4) is 0 Å². The van der Waals surface area contributed by atoms with Gasteiger partial charge in [0.25, 0.3) is 5.88 Å². The molecule has 4 aliphatic heterocycles. The van der Waals surface area contributed by atoms with Gasteiger partial charge in [-0.2, -0.15) is 0 Å². The highest BCUT2D eigenvalue weighted by molar-refractivity contribution is 5.73. The van der Waals surface area contributed by atoms with Crippen molar-refractivity contribution in [2.75, 3.05) is 63.9 Å². The lowest BCUT2D eigenvalue weighted by Gasteiger charge is -2.55. The van der Waals surface area contributed by atoms with Crippen molar-refractivity contribution < 1.29 is 13.9 Å². The first-order valence-corrected chi connectivity index (χ1v) is 17.2. The molecule has 1 atom stereocenters. The minimum atomic E-state index is -0.338. The van der Waals surface area contributed by atoms with Gasteiger partial charge in [0, 0.05) is 73.3 Å². The van der Waals surface area contributed by atoms with Gasteiger partial charge in [-0.05, 0) is 75.2 Å². The highest BCUT2D eigenvalue weighted by Gasteiger charge is 2.51. The molecule has 5 fully saturated rings. The van der Waals surface area contributed by atoms with Crippen LogP contribution in [0.15, 0.2) is 37.1 Å². The van der Waals surface area contributed by atoms with Gasteiger partial charge in [0.1, 0.15) is 24.2 Å². The van der Waals surface area contributed by atoms with Gasteiger partial charge in [-0.1, -0.05) is 13.8 Å². The quantitative estimate of drug-likeness (QED) is 0.304. The van der Waals surface area contributed by atoms with Crippen molar-refractivity contribution in [3.63, 3.8) is 0 Å². The fourth-order valence-electron chi connectivity index (χ4n) is 8.57. The van der Waals surface area contributed by atoms with E-state index in [0.717, 1.165) is 81.7 Å². The molecule has 0 radical (unpaired) electrons. The minimum absolute atomic E-state index is 0.252. The van der Waals surface area contributed by atoms with Gasteiger partial charge in [-0.3, -0.25) is 4.90 Å². The molecule has 8 rings (SSSR count). The Balaban J connectivity index is 0.945. The van der Waals surface area contributed by atoms with Crippen molar-refractivity contribution in [1.82, 2.24) is 34.9 Å². The summed E-state index contributed by atoms with van der Waals surface area (Å²) in [5.74, 6) is 3.71. The van der Waals surface area contributed by atoms with Crippen molar-refractivity contribution in [3.05, 3.63) is 48.6 Å². The van der Waals surface area contributed by atoms with E-state index in [0.29, 0.717) is 40.9 Å². The molecule has 1 aliphatic carbocycles. The fraction of sp³-hybridized carbons (Fsp3) is 0.629. The average molecular weight is 629 g/mol. The predicted molar refractivity (Wildman–Crippen MR) is 172 cm³/mol. The van der Waals surface area contributed by atoms with Crippen LogP contribution < -0.4 is 9.64 Å². The topological polar surface area (TPSA) is 92.6 Å². The highest BCUT2D eigenvalue weighted by atomic mass is 19.1. The van der Waals surface area contributed by atoms with Crippen LogP contribution in [0.25, 0.3) is 11.1 Å². The van der Waals surface area contributed by atoms with Crippen LogP contribution in [0.2, 0.25) is 0 Å². The summed E-state index contributed by atoms with van der Waals surface area (Å²) >= 11 is 0. The molecule has 2 aromatic heterocycles. The Morgan fingerprint density at radius 2 is 1.83 bits per heavy atom. The normalized spacial score (nSPS) is 23.1. The zero-order chi connectivity index (χ0) is 31.3. The Hall–Kier alpha value is -3.28. The lowest BCUT2D eigenvalue weighted by Crippen LogP contribution is -2.64. The van der Waals surface area contributed by atoms with Crippen LogP contribution in [-0.2, 0) is 4.74 Å². The second-order valence-electron chi connectivity index (χ2n) is 14.8. The number of rotatable bonds is 10. The number of aromatic nitrogens is 5. The Morgan fingerprint density at radius 1 is 1.00 bits per heavy atom. The maximum atomic E-state index is 14.6. The smallest absolute Gasteiger partial charge is 0.282 e. The van der Waals surface area contributed by atoms with Gasteiger partial charge < -0.3 is 19.3 Å². The summed E-state index contributed by atoms with van der Waals surface area (Å²) in [7, 11) is 0. The first-order chi connectivity index (χ1) is 22.4. The number of ether oxygens (including phenoxy) is 2. The Bertz CT molecular complexity index is 1530. The summed E-state index contributed by atoms with van der Waals surface area (Å²) in [6.45, 7) is 14.4. The van der Waals surface area contributed by atoms with Gasteiger partial charge in [0.05, 0.1) is 18.9 Å². The monoisotopic (exact) mass is 628 g/mol. The summed E-state index contributed by atoms with van der Waals surface area (Å²) in [5, 5.41) is 8.44. The first kappa shape index (κ1) is 30.1. The minimum Gasteiger partial charge on any atom is -0.434 e. The van der Waals surface area contributed by atoms with E-state index in [9.17, 15) is 4.39 Å². The van der Waals surface area contributed by atoms with Crippen molar-refractivity contribution in [1.29, 1.82) is 0 Å². The zero-order valence-corrected chi connectivity index (χ0v) is 27.0. The van der Waals surface area contributed by atoms with Gasteiger partial charge in [0.2, 0.25) is 0 Å². The molecule has 6 heterocycles. The molecule has 1 aromatic carbocycles. The van der Waals surface area contributed by atoms with Crippen LogP contribution in [-0.4, -0.2) is 100 Å². The Kier molecular flexibility index (Phi) is 8.10. The number of piperidine rings is 1. The van der Waals surface area contributed by atoms with E-state index in [-0.39, 0.29) is 11.2 Å². The molecule has 1 saturated carbocycles. The Morgan fingerprint density at radius 3 is 2.57 bits per heavy atom. The third-order valence-corrected chi connectivity index (χ3v) is 11.0. The summed E-state index contributed by atoms with van der Waals surface area (Å²) < 4.78 is 26.4. The standard InChI is InChI=1S/C35H45FN8O2/c1-23(2)32(26-7-10-42(11-8-26)15-24-16-45-17-24)44-19-35(20-44)9-12-43(18-35)33-34(41-40-22-39-33)46-30-6-5-27(36)13-28(30)29-14-37-21-38-31(29)25-3-4-25/h5-6,13-14,21-26,32H,3-4,7-12,15-20H2,1-2H3/t32-/m1/s1. The number of anilines is 1. The van der Waals surface area contributed by atoms with Crippen molar-refractivity contribution in [3.8, 4) is 22.8 Å². The second-order valence-corrected chi connectivity index (χ2v) is 14.8. The average Bonchev–Trinajstić information content (AvgIpc) is 3.78. The molecule has 46 heavy (non-hydrogen) atoms. The predicted octanol–water partition coefficient (Wildman–Crippen LogP) is 5.03. The summed E-state index contributed by atoms with van der Waals surface area (Å²) in [4.78, 5) is 21.2. The summed E-state index contributed by atoms with van der Waals surface area (Å²) in [5.41, 5.74) is 2.61. The number of likely N-dealkylation sites (tertiary alicyclic amines) is 2. The van der Waals surface area contributed by atoms with Crippen LogP contribution in [0.5, 0.6) is 11.6 Å². The van der Waals surface area contributed by atoms with E-state index in [1.165, 1.54) is 50.9 Å². The van der Waals surface area contributed by atoms with Crippen LogP contribution in [0, 0.1) is 29.0 Å². The van der Waals surface area contributed by atoms with Gasteiger partial charge in [-0.25, -0.2) is 19.3 Å². The van der Waals surface area contributed by atoms with E-state index in [4.69, 9.17) is 9.47 Å². The van der Waals surface area contributed by atoms with Crippen LogP contribution in [0.1, 0.15) is 57.6 Å². The maximum absolute atomic E-state index is 14.6. The maximum Gasteiger partial charge on any atom is 0.282 e. The van der Waals surface area contributed by atoms with Gasteiger partial charge in [-0.15, -0.1) is 10.2 Å². The lowest BCUT2D eigenvalue weighted by atomic mass is 9.73. The second kappa shape index (κ2) is 12.4. The molecule has 0 amide bonds. The molecule has 5 aliphatic rings. The first-order valence-electron chi connectivity index (χ1n) is 17.2. The van der Waals surface area contributed by atoms with Crippen LogP contribution >= 0.6 is 0 Å². The van der Waals surface area contributed by atoms with Crippen molar-refractivity contribution in [2.45, 2.75) is 57.9 Å². The molecule has 0 unspecified atom stereocenters. The van der Waals surface area contributed by atoms with Crippen molar-refractivity contribution in [2.24, 2.45) is 23.2 Å². The largest absolute Gasteiger partial charge is 0.434 e. The summed E-state index contributed by atoms with van der Waals surface area (Å²) in [6, 6.07) is 5.19. The number of hydrogen-bond donors (Lipinski definition) is 0. The van der Waals surface area contributed by atoms with Crippen molar-refractivity contribution >= 4 is 5.82 Å². The summed E-state index contributed by atoms with van der Waals surface area (Å²) in [6.07, 6.45) is 10.7. The van der Waals surface area contributed by atoms with Gasteiger partial charge in [0.15, 0.2) is 5.82 Å². The van der Waals surface area contributed by atoms with Crippen LogP contribution in [0.4, 0.5) is 10.2 Å². The molecular weight excluding hydrogens is 583 g/mol. The van der Waals surface area contributed by atoms with E-state index < -0.39 is 0 Å². The van der Waals surface area contributed by atoms with Gasteiger partial charge >= 0.3 is 0 Å². The molecule has 11 heteroatoms. The number of halogens is 1. The molecule has 0 bridgehead atoms. The number of hydrogen-bond acceptors (Lipinski definition) is 10. The Labute approximate surface area is 270 Å². The molecule has 0 N–H and O–H groups in total. The van der Waals surface area contributed by atoms with E-state index in [1.54, 1.807) is 18.6 Å². The molecular formula is C35H45FN8O2. The third-order valence-electron chi connectivity index (χ3n) is 11.0.